The van der Waals surface area contributed by atoms with Gasteiger partial charge in [0.05, 0.1) is 50.2 Å². The molecule has 1 unspecified atom stereocenters. The maximum absolute atomic E-state index is 13.1. The number of carbonyl (C=O) groups excluding carboxylic acids is 3. The van der Waals surface area contributed by atoms with E-state index < -0.39 is 30.4 Å². The first-order chi connectivity index (χ1) is 17.3. The number of benzene rings is 2. The van der Waals surface area contributed by atoms with Gasteiger partial charge in [0, 0.05) is 6.07 Å². The molecule has 1 aliphatic rings. The number of rotatable bonds is 8. The van der Waals surface area contributed by atoms with Gasteiger partial charge in [0.2, 0.25) is 0 Å². The Morgan fingerprint density at radius 3 is 2.22 bits per heavy atom. The number of ether oxygens (including phenoxy) is 4. The van der Waals surface area contributed by atoms with E-state index in [0.717, 1.165) is 14.2 Å². The third kappa shape index (κ3) is 4.78. The van der Waals surface area contributed by atoms with Crippen molar-refractivity contribution >= 4 is 23.5 Å². The van der Waals surface area contributed by atoms with Gasteiger partial charge >= 0.3 is 11.9 Å². The summed E-state index contributed by atoms with van der Waals surface area (Å²) >= 11 is 0. The standard InChI is InChI=1S/C25H24N4O7/c1-33-18-11-15(9-10-17(18)36-13-19(27)30)29-22(25(32)35-3)21(24(31)34-2)20(16(12-26)23(29)28)14-7-5-4-6-8-14/h4-11,20H,13,28H2,1-3H3,(H2,27,30). The number of hydrogen-bond donors (Lipinski definition) is 2. The summed E-state index contributed by atoms with van der Waals surface area (Å²) in [6.07, 6.45) is 0. The van der Waals surface area contributed by atoms with Crippen LogP contribution >= 0.6 is 0 Å². The minimum absolute atomic E-state index is 0.0160. The van der Waals surface area contributed by atoms with Crippen molar-refractivity contribution in [1.82, 2.24) is 0 Å². The maximum atomic E-state index is 13.1. The lowest BCUT2D eigenvalue weighted by atomic mass is 9.81. The van der Waals surface area contributed by atoms with E-state index in [4.69, 9.17) is 30.4 Å². The molecule has 0 aromatic heterocycles. The Morgan fingerprint density at radius 1 is 1.00 bits per heavy atom. The second-order valence-electron chi connectivity index (χ2n) is 7.43. The van der Waals surface area contributed by atoms with Gasteiger partial charge in [-0.2, -0.15) is 5.26 Å². The van der Waals surface area contributed by atoms with Crippen LogP contribution in [0.15, 0.2) is 71.2 Å². The van der Waals surface area contributed by atoms with E-state index >= 15 is 0 Å². The van der Waals surface area contributed by atoms with Crippen molar-refractivity contribution in [2.24, 2.45) is 11.5 Å². The quantitative estimate of drug-likeness (QED) is 0.515. The highest BCUT2D eigenvalue weighted by atomic mass is 16.5. The molecule has 0 saturated heterocycles. The first-order valence-electron chi connectivity index (χ1n) is 10.5. The van der Waals surface area contributed by atoms with Crippen LogP contribution in [0.25, 0.3) is 0 Å². The third-order valence-corrected chi connectivity index (χ3v) is 5.39. The van der Waals surface area contributed by atoms with E-state index in [0.29, 0.717) is 5.56 Å². The number of anilines is 1. The zero-order chi connectivity index (χ0) is 26.4. The lowest BCUT2D eigenvalue weighted by molar-refractivity contribution is -0.139. The molecule has 1 atom stereocenters. The van der Waals surface area contributed by atoms with Crippen molar-refractivity contribution < 1.29 is 33.3 Å². The fourth-order valence-electron chi connectivity index (χ4n) is 3.85. The van der Waals surface area contributed by atoms with E-state index in [1.54, 1.807) is 30.3 Å². The van der Waals surface area contributed by atoms with E-state index in [2.05, 4.69) is 6.07 Å². The summed E-state index contributed by atoms with van der Waals surface area (Å²) < 4.78 is 20.7. The Bertz CT molecular complexity index is 1300. The monoisotopic (exact) mass is 492 g/mol. The third-order valence-electron chi connectivity index (χ3n) is 5.39. The number of methoxy groups -OCH3 is 3. The molecule has 11 heteroatoms. The van der Waals surface area contributed by atoms with Crippen molar-refractivity contribution in [2.45, 2.75) is 5.92 Å². The van der Waals surface area contributed by atoms with Gasteiger partial charge < -0.3 is 30.4 Å². The minimum atomic E-state index is -0.992. The highest BCUT2D eigenvalue weighted by Gasteiger charge is 2.43. The number of primary amides is 1. The van der Waals surface area contributed by atoms with Crippen LogP contribution < -0.4 is 25.8 Å². The largest absolute Gasteiger partial charge is 0.493 e. The molecule has 0 bridgehead atoms. The van der Waals surface area contributed by atoms with Crippen LogP contribution in [0, 0.1) is 11.3 Å². The fourth-order valence-corrected chi connectivity index (χ4v) is 3.85. The van der Waals surface area contributed by atoms with Crippen LogP contribution in [-0.2, 0) is 23.9 Å². The zero-order valence-corrected chi connectivity index (χ0v) is 19.8. The molecule has 3 rings (SSSR count). The van der Waals surface area contributed by atoms with E-state index in [9.17, 15) is 19.6 Å². The van der Waals surface area contributed by atoms with Crippen molar-refractivity contribution in [3.8, 4) is 17.6 Å². The minimum Gasteiger partial charge on any atom is -0.493 e. The van der Waals surface area contributed by atoms with Crippen LogP contribution in [0.4, 0.5) is 5.69 Å². The van der Waals surface area contributed by atoms with Crippen molar-refractivity contribution in [2.75, 3.05) is 32.8 Å². The number of hydrogen-bond acceptors (Lipinski definition) is 10. The smallest absolute Gasteiger partial charge is 0.355 e. The molecule has 11 nitrogen and oxygen atoms in total. The number of nitrogens with two attached hydrogens (primary N) is 2. The predicted molar refractivity (Wildman–Crippen MR) is 127 cm³/mol. The molecule has 2 aromatic rings. The summed E-state index contributed by atoms with van der Waals surface area (Å²) in [6.45, 7) is -0.390. The molecule has 1 amide bonds. The van der Waals surface area contributed by atoms with Crippen LogP contribution in [0.5, 0.6) is 11.5 Å². The average Bonchev–Trinajstić information content (AvgIpc) is 2.90. The molecule has 0 fully saturated rings. The van der Waals surface area contributed by atoms with Gasteiger partial charge in [0.15, 0.2) is 18.1 Å². The van der Waals surface area contributed by atoms with Gasteiger partial charge in [0.1, 0.15) is 11.5 Å². The molecule has 0 saturated carbocycles. The van der Waals surface area contributed by atoms with E-state index in [1.165, 1.54) is 30.2 Å². The number of amides is 1. The van der Waals surface area contributed by atoms with E-state index in [1.807, 2.05) is 0 Å². The van der Waals surface area contributed by atoms with Crippen LogP contribution in [-0.4, -0.2) is 45.8 Å². The highest BCUT2D eigenvalue weighted by Crippen LogP contribution is 2.44. The zero-order valence-electron chi connectivity index (χ0n) is 19.8. The average molecular weight is 492 g/mol. The molecule has 2 aromatic carbocycles. The molecule has 1 aliphatic heterocycles. The van der Waals surface area contributed by atoms with Gasteiger partial charge in [-0.3, -0.25) is 9.69 Å². The number of carbonyl (C=O) groups is 3. The van der Waals surface area contributed by atoms with Crippen LogP contribution in [0.1, 0.15) is 11.5 Å². The number of esters is 2. The Morgan fingerprint density at radius 2 is 1.67 bits per heavy atom. The molecule has 0 aliphatic carbocycles. The summed E-state index contributed by atoms with van der Waals surface area (Å²) in [7, 11) is 3.69. The van der Waals surface area contributed by atoms with Crippen molar-refractivity contribution in [1.29, 1.82) is 5.26 Å². The summed E-state index contributed by atoms with van der Waals surface area (Å²) in [6, 6.07) is 15.1. The lowest BCUT2D eigenvalue weighted by Crippen LogP contribution is -2.40. The van der Waals surface area contributed by atoms with Crippen molar-refractivity contribution in [3.63, 3.8) is 0 Å². The van der Waals surface area contributed by atoms with Crippen LogP contribution in [0.3, 0.4) is 0 Å². The molecule has 0 radical (unpaired) electrons. The second-order valence-corrected chi connectivity index (χ2v) is 7.43. The van der Waals surface area contributed by atoms with E-state index in [-0.39, 0.29) is 39.9 Å². The fraction of sp³-hybridized carbons (Fsp3) is 0.200. The summed E-state index contributed by atoms with van der Waals surface area (Å²) in [5, 5.41) is 10.1. The van der Waals surface area contributed by atoms with Crippen molar-refractivity contribution in [3.05, 3.63) is 76.8 Å². The van der Waals surface area contributed by atoms with Gasteiger partial charge in [-0.05, 0) is 17.7 Å². The van der Waals surface area contributed by atoms with Gasteiger partial charge in [-0.1, -0.05) is 30.3 Å². The molecule has 186 valence electrons. The Hall–Kier alpha value is -4.98. The van der Waals surface area contributed by atoms with Crippen LogP contribution in [0.2, 0.25) is 0 Å². The van der Waals surface area contributed by atoms with Gasteiger partial charge in [-0.15, -0.1) is 0 Å². The maximum Gasteiger partial charge on any atom is 0.355 e. The molecular weight excluding hydrogens is 468 g/mol. The second kappa shape index (κ2) is 11.0. The number of nitrogens with zero attached hydrogens (tertiary/aromatic N) is 2. The Labute approximate surface area is 207 Å². The SMILES string of the molecule is COC(=O)C1=C(C(=O)OC)N(c2ccc(OCC(N)=O)c(OC)c2)C(N)=C(C#N)C1c1ccccc1. The number of nitriles is 1. The topological polar surface area (TPSA) is 167 Å². The summed E-state index contributed by atoms with van der Waals surface area (Å²) in [4.78, 5) is 38.5. The lowest BCUT2D eigenvalue weighted by Gasteiger charge is -2.36. The molecule has 1 heterocycles. The molecule has 4 N–H and O–H groups in total. The normalized spacial score (nSPS) is 15.2. The van der Waals surface area contributed by atoms with Gasteiger partial charge in [-0.25, -0.2) is 9.59 Å². The Kier molecular flexibility index (Phi) is 7.81. The molecule has 36 heavy (non-hydrogen) atoms. The highest BCUT2D eigenvalue weighted by molar-refractivity contribution is 6.06. The predicted octanol–water partition coefficient (Wildman–Crippen LogP) is 1.46. The van der Waals surface area contributed by atoms with Gasteiger partial charge in [0.25, 0.3) is 5.91 Å². The first-order valence-corrected chi connectivity index (χ1v) is 10.5. The summed E-state index contributed by atoms with van der Waals surface area (Å²) in [5.74, 6) is -3.14. The molecular formula is C25H24N4O7. The summed E-state index contributed by atoms with van der Waals surface area (Å²) in [5.41, 5.74) is 12.1. The molecule has 0 spiro atoms. The number of allylic oxidation sites excluding steroid dienone is 1. The first kappa shape index (κ1) is 25.6. The Balaban J connectivity index is 2.32.